The average Bonchev–Trinajstić information content (AvgIpc) is 2.49. The zero-order valence-electron chi connectivity index (χ0n) is 12.5. The number of nitrogens with one attached hydrogen (secondary N) is 1. The third-order valence-corrected chi connectivity index (χ3v) is 4.16. The highest BCUT2D eigenvalue weighted by atomic mass is 35.5. The van der Waals surface area contributed by atoms with Gasteiger partial charge >= 0.3 is 0 Å². The lowest BCUT2D eigenvalue weighted by molar-refractivity contribution is -0.122. The lowest BCUT2D eigenvalue weighted by atomic mass is 9.96. The maximum atomic E-state index is 11.4. The molecule has 1 N–H and O–H groups in total. The molecule has 116 valence electrons. The van der Waals surface area contributed by atoms with Crippen LogP contribution in [0.15, 0.2) is 12.5 Å². The highest BCUT2D eigenvalue weighted by molar-refractivity contribution is 6.32. The van der Waals surface area contributed by atoms with Crippen LogP contribution in [0.1, 0.15) is 12.8 Å². The Bertz CT molecular complexity index is 476. The topological polar surface area (TPSA) is 61.4 Å². The van der Waals surface area contributed by atoms with Gasteiger partial charge in [0.05, 0.1) is 12.7 Å². The summed E-state index contributed by atoms with van der Waals surface area (Å²) in [4.78, 5) is 23.8. The molecule has 6 nitrogen and oxygen atoms in total. The van der Waals surface area contributed by atoms with E-state index < -0.39 is 0 Å². The lowest BCUT2D eigenvalue weighted by Crippen LogP contribution is -2.42. The SMILES string of the molecule is CNC(=O)CN1CCC(CN(C)c2ncncc2Cl)CC1. The van der Waals surface area contributed by atoms with E-state index in [1.807, 2.05) is 7.05 Å². The first-order chi connectivity index (χ1) is 10.1. The van der Waals surface area contributed by atoms with Crippen molar-refractivity contribution in [3.63, 3.8) is 0 Å². The van der Waals surface area contributed by atoms with Gasteiger partial charge in [0.2, 0.25) is 5.91 Å². The number of hydrogen-bond donors (Lipinski definition) is 1. The van der Waals surface area contributed by atoms with Crippen LogP contribution in [-0.2, 0) is 4.79 Å². The molecule has 0 aliphatic carbocycles. The van der Waals surface area contributed by atoms with Crippen molar-refractivity contribution >= 4 is 23.3 Å². The molecule has 2 heterocycles. The number of carbonyl (C=O) groups excluding carboxylic acids is 1. The Morgan fingerprint density at radius 3 is 2.86 bits per heavy atom. The first-order valence-electron chi connectivity index (χ1n) is 7.19. The molecule has 0 bridgehead atoms. The van der Waals surface area contributed by atoms with Crippen LogP contribution < -0.4 is 10.2 Å². The molecule has 21 heavy (non-hydrogen) atoms. The molecule has 1 aromatic heterocycles. The van der Waals surface area contributed by atoms with Crippen LogP contribution in [0.3, 0.4) is 0 Å². The summed E-state index contributed by atoms with van der Waals surface area (Å²) >= 11 is 6.11. The summed E-state index contributed by atoms with van der Waals surface area (Å²) in [6, 6.07) is 0. The van der Waals surface area contributed by atoms with Crippen LogP contribution in [0.2, 0.25) is 5.02 Å². The fourth-order valence-electron chi connectivity index (χ4n) is 2.67. The van der Waals surface area contributed by atoms with Gasteiger partial charge in [0.1, 0.15) is 11.3 Å². The first kappa shape index (κ1) is 16.0. The predicted molar refractivity (Wildman–Crippen MR) is 83.5 cm³/mol. The number of halogens is 1. The highest BCUT2D eigenvalue weighted by Gasteiger charge is 2.22. The minimum atomic E-state index is 0.0818. The molecule has 0 saturated carbocycles. The van der Waals surface area contributed by atoms with Gasteiger partial charge in [-0.15, -0.1) is 0 Å². The number of likely N-dealkylation sites (tertiary alicyclic amines) is 1. The average molecular weight is 312 g/mol. The first-order valence-corrected chi connectivity index (χ1v) is 7.57. The molecule has 0 unspecified atom stereocenters. The van der Waals surface area contributed by atoms with E-state index in [1.54, 1.807) is 13.2 Å². The van der Waals surface area contributed by atoms with Crippen LogP contribution in [0.5, 0.6) is 0 Å². The quantitative estimate of drug-likeness (QED) is 0.880. The third kappa shape index (κ3) is 4.54. The second-order valence-corrected chi connectivity index (χ2v) is 5.87. The molecule has 1 amide bonds. The summed E-state index contributed by atoms with van der Waals surface area (Å²) in [6.45, 7) is 3.34. The molecule has 0 spiro atoms. The van der Waals surface area contributed by atoms with E-state index in [9.17, 15) is 4.79 Å². The number of piperidine rings is 1. The maximum Gasteiger partial charge on any atom is 0.233 e. The number of hydrogen-bond acceptors (Lipinski definition) is 5. The van der Waals surface area contributed by atoms with Crippen LogP contribution >= 0.6 is 11.6 Å². The molecule has 7 heteroatoms. The van der Waals surface area contributed by atoms with Crippen molar-refractivity contribution in [1.29, 1.82) is 0 Å². The number of likely N-dealkylation sites (N-methyl/N-ethyl adjacent to an activating group) is 1. The highest BCUT2D eigenvalue weighted by Crippen LogP contribution is 2.24. The Morgan fingerprint density at radius 2 is 2.24 bits per heavy atom. The van der Waals surface area contributed by atoms with Crippen molar-refractivity contribution in [3.8, 4) is 0 Å². The molecule has 0 atom stereocenters. The van der Waals surface area contributed by atoms with Gasteiger partial charge < -0.3 is 10.2 Å². The lowest BCUT2D eigenvalue weighted by Gasteiger charge is -2.33. The Morgan fingerprint density at radius 1 is 1.52 bits per heavy atom. The van der Waals surface area contributed by atoms with Gasteiger partial charge in [0.25, 0.3) is 0 Å². The Kier molecular flexibility index (Phi) is 5.76. The minimum absolute atomic E-state index is 0.0818. The standard InChI is InChI=1S/C14H22ClN5O/c1-16-13(21)9-20-5-3-11(4-6-20)8-19(2)14-12(15)7-17-10-18-14/h7,10-11H,3-6,8-9H2,1-2H3,(H,16,21). The van der Waals surface area contributed by atoms with Gasteiger partial charge in [-0.25, -0.2) is 9.97 Å². The van der Waals surface area contributed by atoms with Crippen LogP contribution in [-0.4, -0.2) is 61.0 Å². The zero-order chi connectivity index (χ0) is 15.2. The van der Waals surface area contributed by atoms with Crippen molar-refractivity contribution in [3.05, 3.63) is 17.5 Å². The fourth-order valence-corrected chi connectivity index (χ4v) is 2.92. The molecule has 0 aromatic carbocycles. The van der Waals surface area contributed by atoms with Crippen molar-refractivity contribution in [2.45, 2.75) is 12.8 Å². The van der Waals surface area contributed by atoms with Gasteiger partial charge in [-0.1, -0.05) is 11.6 Å². The second kappa shape index (κ2) is 7.56. The molecule has 1 saturated heterocycles. The van der Waals surface area contributed by atoms with Gasteiger partial charge in [0.15, 0.2) is 5.82 Å². The number of anilines is 1. The normalized spacial score (nSPS) is 16.7. The summed E-state index contributed by atoms with van der Waals surface area (Å²) in [5, 5.41) is 3.25. The van der Waals surface area contributed by atoms with E-state index in [4.69, 9.17) is 11.6 Å². The molecule has 2 rings (SSSR count). The molecule has 1 fully saturated rings. The Labute approximate surface area is 130 Å². The third-order valence-electron chi connectivity index (χ3n) is 3.90. The Balaban J connectivity index is 1.81. The molecule has 0 radical (unpaired) electrons. The van der Waals surface area contributed by atoms with E-state index in [0.29, 0.717) is 17.5 Å². The van der Waals surface area contributed by atoms with Crippen molar-refractivity contribution < 1.29 is 4.79 Å². The maximum absolute atomic E-state index is 11.4. The van der Waals surface area contributed by atoms with Gasteiger partial charge in [-0.2, -0.15) is 0 Å². The van der Waals surface area contributed by atoms with E-state index in [0.717, 1.165) is 38.3 Å². The van der Waals surface area contributed by atoms with E-state index in [-0.39, 0.29) is 5.91 Å². The van der Waals surface area contributed by atoms with Gasteiger partial charge in [-0.3, -0.25) is 9.69 Å². The van der Waals surface area contributed by atoms with Crippen LogP contribution in [0.4, 0.5) is 5.82 Å². The minimum Gasteiger partial charge on any atom is -0.358 e. The van der Waals surface area contributed by atoms with Crippen molar-refractivity contribution in [2.75, 3.05) is 45.2 Å². The molecular weight excluding hydrogens is 290 g/mol. The number of rotatable bonds is 5. The summed E-state index contributed by atoms with van der Waals surface area (Å²) in [7, 11) is 3.68. The summed E-state index contributed by atoms with van der Waals surface area (Å²) in [5.41, 5.74) is 0. The molecular formula is C14H22ClN5O. The summed E-state index contributed by atoms with van der Waals surface area (Å²) in [5.74, 6) is 1.46. The summed E-state index contributed by atoms with van der Waals surface area (Å²) < 4.78 is 0. The van der Waals surface area contributed by atoms with Crippen molar-refractivity contribution in [1.82, 2.24) is 20.2 Å². The van der Waals surface area contributed by atoms with Gasteiger partial charge in [0, 0.05) is 20.6 Å². The van der Waals surface area contributed by atoms with E-state index in [2.05, 4.69) is 25.1 Å². The number of carbonyl (C=O) groups is 1. The van der Waals surface area contributed by atoms with E-state index in [1.165, 1.54) is 6.33 Å². The van der Waals surface area contributed by atoms with Crippen LogP contribution in [0, 0.1) is 5.92 Å². The smallest absolute Gasteiger partial charge is 0.233 e. The predicted octanol–water partition coefficient (Wildman–Crippen LogP) is 1.02. The fraction of sp³-hybridized carbons (Fsp3) is 0.643. The van der Waals surface area contributed by atoms with Crippen molar-refractivity contribution in [2.24, 2.45) is 5.92 Å². The largest absolute Gasteiger partial charge is 0.358 e. The van der Waals surface area contributed by atoms with Gasteiger partial charge in [-0.05, 0) is 31.8 Å². The molecule has 1 aromatic rings. The number of nitrogens with zero attached hydrogens (tertiary/aromatic N) is 4. The van der Waals surface area contributed by atoms with E-state index >= 15 is 0 Å². The molecule has 1 aliphatic heterocycles. The summed E-state index contributed by atoms with van der Waals surface area (Å²) in [6.07, 6.45) is 5.31. The van der Waals surface area contributed by atoms with Crippen LogP contribution in [0.25, 0.3) is 0 Å². The number of amides is 1. The Hall–Kier alpha value is -1.40. The second-order valence-electron chi connectivity index (χ2n) is 5.47. The monoisotopic (exact) mass is 311 g/mol. The number of aromatic nitrogens is 2. The zero-order valence-corrected chi connectivity index (χ0v) is 13.3. The molecule has 1 aliphatic rings.